The average molecular weight is 472 g/mol. The monoisotopic (exact) mass is 472 g/mol. The number of hydrogen-bond donors (Lipinski definition) is 3. The quantitative estimate of drug-likeness (QED) is 0.291. The van der Waals surface area contributed by atoms with Crippen LogP contribution >= 0.6 is 0 Å². The second-order valence-electron chi connectivity index (χ2n) is 8.30. The second-order valence-corrected chi connectivity index (χ2v) is 8.30. The van der Waals surface area contributed by atoms with E-state index in [1.54, 1.807) is 6.07 Å². The lowest BCUT2D eigenvalue weighted by molar-refractivity contribution is -0.137. The summed E-state index contributed by atoms with van der Waals surface area (Å²) in [5, 5.41) is 9.70. The van der Waals surface area contributed by atoms with Crippen LogP contribution in [-0.4, -0.2) is 45.0 Å². The minimum atomic E-state index is -4.66. The zero-order valence-electron chi connectivity index (χ0n) is 17.8. The second kappa shape index (κ2) is 8.28. The summed E-state index contributed by atoms with van der Waals surface area (Å²) in [5.41, 5.74) is 0.130. The number of hydrogen-bond acceptors (Lipinski definition) is 4. The van der Waals surface area contributed by atoms with Crippen LogP contribution in [0.15, 0.2) is 48.7 Å². The maximum Gasteiger partial charge on any atom is 0.417 e. The van der Waals surface area contributed by atoms with Crippen molar-refractivity contribution in [2.45, 2.75) is 25.1 Å². The molecule has 0 saturated carbocycles. The van der Waals surface area contributed by atoms with Crippen molar-refractivity contribution in [2.24, 2.45) is 0 Å². The van der Waals surface area contributed by atoms with Crippen LogP contribution in [0.1, 0.15) is 34.3 Å². The summed E-state index contributed by atoms with van der Waals surface area (Å²) in [6, 6.07) is 9.14. The molecule has 10 heteroatoms. The third-order valence-electron chi connectivity index (χ3n) is 6.03. The summed E-state index contributed by atoms with van der Waals surface area (Å²) in [6.07, 6.45) is -2.50. The van der Waals surface area contributed by atoms with Gasteiger partial charge in [0.05, 0.1) is 22.9 Å². The number of anilines is 1. The van der Waals surface area contributed by atoms with Gasteiger partial charge >= 0.3 is 6.18 Å². The van der Waals surface area contributed by atoms with Crippen LogP contribution in [-0.2, 0) is 6.18 Å². The number of rotatable bonds is 4. The van der Waals surface area contributed by atoms with E-state index in [1.165, 1.54) is 30.5 Å². The first kappa shape index (κ1) is 22.1. The molecule has 0 spiro atoms. The number of benzene rings is 2. The predicted molar refractivity (Wildman–Crippen MR) is 118 cm³/mol. The molecule has 0 radical (unpaired) electrons. The van der Waals surface area contributed by atoms with E-state index in [4.69, 9.17) is 0 Å². The van der Waals surface area contributed by atoms with Crippen molar-refractivity contribution in [3.05, 3.63) is 71.2 Å². The molecular formula is C24H20F4N4O2. The number of aromatic nitrogens is 3. The maximum absolute atomic E-state index is 14.8. The Kier molecular flexibility index (Phi) is 5.40. The first-order chi connectivity index (χ1) is 16.2. The summed E-state index contributed by atoms with van der Waals surface area (Å²) in [5.74, 6) is -1.06. The molecule has 0 aliphatic carbocycles. The minimum Gasteiger partial charge on any atom is -0.393 e. The van der Waals surface area contributed by atoms with E-state index < -0.39 is 28.9 Å². The van der Waals surface area contributed by atoms with Gasteiger partial charge in [-0.15, -0.1) is 0 Å². The molecule has 4 aromatic rings. The van der Waals surface area contributed by atoms with Crippen molar-refractivity contribution in [3.63, 3.8) is 0 Å². The van der Waals surface area contributed by atoms with Crippen LogP contribution in [0.4, 0.5) is 23.2 Å². The number of aliphatic hydroxyl groups is 1. The van der Waals surface area contributed by atoms with Gasteiger partial charge in [-0.3, -0.25) is 4.79 Å². The molecule has 0 amide bonds. The summed E-state index contributed by atoms with van der Waals surface area (Å²) < 4.78 is 54.7. The standard InChI is InChI=1S/C24H20F4N4O2/c25-18-10-14(32-7-5-15(33)6-8-32)11-19-21(18)31-23(30-19)20-9-13(12-29-20)22(34)16-3-1-2-4-17(16)24(26,27)28/h1-4,9-12,15,29,33H,5-8H2,(H,30,31). The first-order valence-corrected chi connectivity index (χ1v) is 10.7. The Bertz CT molecular complexity index is 1370. The Morgan fingerprint density at radius 3 is 2.59 bits per heavy atom. The fourth-order valence-electron chi connectivity index (χ4n) is 4.24. The summed E-state index contributed by atoms with van der Waals surface area (Å²) in [6.45, 7) is 1.21. The Morgan fingerprint density at radius 2 is 1.85 bits per heavy atom. The number of carbonyl (C=O) groups excluding carboxylic acids is 1. The number of carbonyl (C=O) groups is 1. The summed E-state index contributed by atoms with van der Waals surface area (Å²) >= 11 is 0. The molecule has 0 bridgehead atoms. The molecule has 0 unspecified atom stereocenters. The fraction of sp³-hybridized carbons (Fsp3) is 0.250. The number of H-pyrrole nitrogens is 2. The Labute approximate surface area is 191 Å². The van der Waals surface area contributed by atoms with E-state index in [-0.39, 0.29) is 23.0 Å². The van der Waals surface area contributed by atoms with Gasteiger partial charge in [0.25, 0.3) is 0 Å². The van der Waals surface area contributed by atoms with Crippen LogP contribution in [0.5, 0.6) is 0 Å². The highest BCUT2D eigenvalue weighted by molar-refractivity contribution is 6.10. The molecule has 34 heavy (non-hydrogen) atoms. The minimum absolute atomic E-state index is 0.0280. The molecule has 0 atom stereocenters. The molecule has 1 saturated heterocycles. The van der Waals surface area contributed by atoms with Crippen LogP contribution in [0.2, 0.25) is 0 Å². The Morgan fingerprint density at radius 1 is 1.12 bits per heavy atom. The normalized spacial score (nSPS) is 15.3. The number of ketones is 1. The topological polar surface area (TPSA) is 85.0 Å². The molecule has 6 nitrogen and oxygen atoms in total. The molecular weight excluding hydrogens is 452 g/mol. The number of nitrogens with zero attached hydrogens (tertiary/aromatic N) is 2. The summed E-state index contributed by atoms with van der Waals surface area (Å²) in [4.78, 5) is 24.9. The van der Waals surface area contributed by atoms with Gasteiger partial charge in [0.1, 0.15) is 5.52 Å². The van der Waals surface area contributed by atoms with Gasteiger partial charge in [-0.05, 0) is 37.1 Å². The number of piperidine rings is 1. The van der Waals surface area contributed by atoms with Crippen LogP contribution in [0, 0.1) is 5.82 Å². The third-order valence-corrected chi connectivity index (χ3v) is 6.03. The number of imidazole rings is 1. The van der Waals surface area contributed by atoms with Gasteiger partial charge in [0.2, 0.25) is 0 Å². The van der Waals surface area contributed by atoms with Crippen molar-refractivity contribution < 1.29 is 27.5 Å². The molecule has 5 rings (SSSR count). The molecule has 2 aromatic heterocycles. The number of aliphatic hydroxyl groups excluding tert-OH is 1. The zero-order valence-corrected chi connectivity index (χ0v) is 17.8. The van der Waals surface area contributed by atoms with Gasteiger partial charge < -0.3 is 20.0 Å². The van der Waals surface area contributed by atoms with E-state index in [2.05, 4.69) is 15.0 Å². The Hall–Kier alpha value is -3.66. The molecule has 1 aliphatic rings. The lowest BCUT2D eigenvalue weighted by Gasteiger charge is -2.31. The third kappa shape index (κ3) is 4.05. The lowest BCUT2D eigenvalue weighted by atomic mass is 9.99. The molecule has 1 fully saturated rings. The Balaban J connectivity index is 1.45. The molecule has 3 heterocycles. The largest absolute Gasteiger partial charge is 0.417 e. The maximum atomic E-state index is 14.8. The zero-order chi connectivity index (χ0) is 24.0. The van der Waals surface area contributed by atoms with Crippen molar-refractivity contribution in [1.29, 1.82) is 0 Å². The van der Waals surface area contributed by atoms with Gasteiger partial charge in [0, 0.05) is 36.1 Å². The number of alkyl halides is 3. The van der Waals surface area contributed by atoms with Crippen molar-refractivity contribution in [2.75, 3.05) is 18.0 Å². The van der Waals surface area contributed by atoms with Gasteiger partial charge in [-0.2, -0.15) is 13.2 Å². The van der Waals surface area contributed by atoms with E-state index in [1.807, 2.05) is 4.90 Å². The fourth-order valence-corrected chi connectivity index (χ4v) is 4.24. The van der Waals surface area contributed by atoms with Crippen LogP contribution < -0.4 is 4.90 Å². The number of fused-ring (bicyclic) bond motifs is 1. The lowest BCUT2D eigenvalue weighted by Crippen LogP contribution is -2.35. The molecule has 176 valence electrons. The average Bonchev–Trinajstić information content (AvgIpc) is 3.46. The number of aromatic amines is 2. The SMILES string of the molecule is O=C(c1c[nH]c(-c2nc3c(F)cc(N4CCC(O)CC4)cc3[nH]2)c1)c1ccccc1C(F)(F)F. The van der Waals surface area contributed by atoms with Gasteiger partial charge in [-0.25, -0.2) is 9.37 Å². The smallest absolute Gasteiger partial charge is 0.393 e. The molecule has 3 N–H and O–H groups in total. The van der Waals surface area contributed by atoms with E-state index in [0.29, 0.717) is 42.8 Å². The van der Waals surface area contributed by atoms with Crippen molar-refractivity contribution in [3.8, 4) is 11.5 Å². The predicted octanol–water partition coefficient (Wildman–Crippen LogP) is 4.91. The van der Waals surface area contributed by atoms with E-state index in [0.717, 1.165) is 12.1 Å². The van der Waals surface area contributed by atoms with E-state index >= 15 is 0 Å². The van der Waals surface area contributed by atoms with Crippen LogP contribution in [0.25, 0.3) is 22.6 Å². The summed E-state index contributed by atoms with van der Waals surface area (Å²) in [7, 11) is 0. The number of nitrogens with one attached hydrogen (secondary N) is 2. The van der Waals surface area contributed by atoms with Gasteiger partial charge in [0.15, 0.2) is 17.4 Å². The number of halogens is 4. The molecule has 1 aliphatic heterocycles. The van der Waals surface area contributed by atoms with E-state index in [9.17, 15) is 27.5 Å². The van der Waals surface area contributed by atoms with Crippen molar-refractivity contribution in [1.82, 2.24) is 15.0 Å². The highest BCUT2D eigenvalue weighted by Gasteiger charge is 2.35. The molecule has 2 aromatic carbocycles. The van der Waals surface area contributed by atoms with Gasteiger partial charge in [-0.1, -0.05) is 18.2 Å². The van der Waals surface area contributed by atoms with Crippen molar-refractivity contribution >= 4 is 22.5 Å². The highest BCUT2D eigenvalue weighted by Crippen LogP contribution is 2.33. The highest BCUT2D eigenvalue weighted by atomic mass is 19.4. The first-order valence-electron chi connectivity index (χ1n) is 10.7. The van der Waals surface area contributed by atoms with Crippen LogP contribution in [0.3, 0.4) is 0 Å².